The van der Waals surface area contributed by atoms with E-state index in [-0.39, 0.29) is 11.9 Å². The molecule has 5 heteroatoms. The third-order valence-electron chi connectivity index (χ3n) is 3.09. The van der Waals surface area contributed by atoms with Gasteiger partial charge in [-0.2, -0.15) is 0 Å². The summed E-state index contributed by atoms with van der Waals surface area (Å²) in [4.78, 5) is 24.8. The van der Waals surface area contributed by atoms with Gasteiger partial charge in [-0.15, -0.1) is 0 Å². The Morgan fingerprint density at radius 1 is 1.21 bits per heavy atom. The average Bonchev–Trinajstić information content (AvgIpc) is 2.66. The molecular formula is C14H20N2O3. The fraction of sp³-hybridized carbons (Fsp3) is 0.429. The summed E-state index contributed by atoms with van der Waals surface area (Å²) >= 11 is 0. The van der Waals surface area contributed by atoms with Crippen molar-refractivity contribution < 1.29 is 14.3 Å². The summed E-state index contributed by atoms with van der Waals surface area (Å²) in [6, 6.07) is 9.00. The lowest BCUT2D eigenvalue weighted by atomic mass is 9.87. The maximum atomic E-state index is 12.1. The topological polar surface area (TPSA) is 58.6 Å². The largest absolute Gasteiger partial charge is 0.388 e. The van der Waals surface area contributed by atoms with Crippen LogP contribution in [0.2, 0.25) is 0 Å². The Labute approximate surface area is 113 Å². The zero-order valence-corrected chi connectivity index (χ0v) is 11.8. The number of rotatable bonds is 2. The summed E-state index contributed by atoms with van der Waals surface area (Å²) in [5.41, 5.74) is -0.0483. The van der Waals surface area contributed by atoms with Gasteiger partial charge in [0.05, 0.1) is 0 Å². The standard InChI is InChI=1S/C12H14N2O2.C2H6O/c1-3-12(9-7-5-4-6-8-9)10(15)14(2)11(16)13-12;1-3-2/h4-8H,3H2,1-2H3,(H,13,16);1-2H3. The Kier molecular flexibility index (Phi) is 5.06. The smallest absolute Gasteiger partial charge is 0.325 e. The average molecular weight is 264 g/mol. The van der Waals surface area contributed by atoms with Crippen molar-refractivity contribution in [1.82, 2.24) is 10.2 Å². The third kappa shape index (κ3) is 2.76. The van der Waals surface area contributed by atoms with Crippen LogP contribution in [0.1, 0.15) is 18.9 Å². The fourth-order valence-corrected chi connectivity index (χ4v) is 2.06. The summed E-state index contributed by atoms with van der Waals surface area (Å²) < 4.78 is 4.25. The number of hydrogen-bond acceptors (Lipinski definition) is 3. The molecule has 1 aliphatic rings. The Bertz CT molecular complexity index is 447. The molecule has 0 saturated carbocycles. The van der Waals surface area contributed by atoms with Crippen molar-refractivity contribution >= 4 is 11.9 Å². The van der Waals surface area contributed by atoms with E-state index in [1.54, 1.807) is 14.2 Å². The van der Waals surface area contributed by atoms with Crippen LogP contribution in [0.4, 0.5) is 4.79 Å². The van der Waals surface area contributed by atoms with E-state index in [1.165, 1.54) is 7.05 Å². The molecule has 5 nitrogen and oxygen atoms in total. The summed E-state index contributed by atoms with van der Waals surface area (Å²) in [5, 5.41) is 2.77. The summed E-state index contributed by atoms with van der Waals surface area (Å²) in [6.07, 6.45) is 0.548. The molecule has 1 fully saturated rings. The van der Waals surface area contributed by atoms with Crippen molar-refractivity contribution in [2.75, 3.05) is 21.3 Å². The second-order valence-corrected chi connectivity index (χ2v) is 4.33. The molecule has 0 aliphatic carbocycles. The molecule has 2 rings (SSSR count). The highest BCUT2D eigenvalue weighted by atomic mass is 16.4. The van der Waals surface area contributed by atoms with Crippen molar-refractivity contribution in [1.29, 1.82) is 0 Å². The van der Waals surface area contributed by atoms with E-state index >= 15 is 0 Å². The van der Waals surface area contributed by atoms with Crippen molar-refractivity contribution in [3.63, 3.8) is 0 Å². The van der Waals surface area contributed by atoms with Crippen LogP contribution in [0.3, 0.4) is 0 Å². The molecule has 0 aromatic heterocycles. The zero-order valence-electron chi connectivity index (χ0n) is 11.8. The number of nitrogens with zero attached hydrogens (tertiary/aromatic N) is 1. The predicted molar refractivity (Wildman–Crippen MR) is 72.6 cm³/mol. The predicted octanol–water partition coefficient (Wildman–Crippen LogP) is 1.74. The molecule has 0 radical (unpaired) electrons. The Hall–Kier alpha value is -1.88. The van der Waals surface area contributed by atoms with E-state index in [4.69, 9.17) is 0 Å². The quantitative estimate of drug-likeness (QED) is 0.828. The van der Waals surface area contributed by atoms with Crippen LogP contribution in [0.15, 0.2) is 30.3 Å². The van der Waals surface area contributed by atoms with Gasteiger partial charge < -0.3 is 10.1 Å². The van der Waals surface area contributed by atoms with Gasteiger partial charge in [0.15, 0.2) is 0 Å². The number of likely N-dealkylation sites (N-methyl/N-ethyl adjacent to an activating group) is 1. The highest BCUT2D eigenvalue weighted by molar-refractivity contribution is 6.07. The number of amides is 3. The van der Waals surface area contributed by atoms with Crippen LogP contribution in [0, 0.1) is 0 Å². The van der Waals surface area contributed by atoms with Gasteiger partial charge in [-0.25, -0.2) is 4.79 Å². The van der Waals surface area contributed by atoms with Crippen molar-refractivity contribution in [2.24, 2.45) is 0 Å². The van der Waals surface area contributed by atoms with Crippen LogP contribution < -0.4 is 5.32 Å². The van der Waals surface area contributed by atoms with Crippen LogP contribution in [0.25, 0.3) is 0 Å². The van der Waals surface area contributed by atoms with Crippen molar-refractivity contribution in [3.05, 3.63) is 35.9 Å². The highest BCUT2D eigenvalue weighted by Crippen LogP contribution is 2.31. The number of carbonyl (C=O) groups is 2. The first-order valence-corrected chi connectivity index (χ1v) is 6.09. The lowest BCUT2D eigenvalue weighted by molar-refractivity contribution is -0.130. The number of urea groups is 1. The highest BCUT2D eigenvalue weighted by Gasteiger charge is 2.49. The van der Waals surface area contributed by atoms with E-state index in [9.17, 15) is 9.59 Å². The molecule has 1 atom stereocenters. The van der Waals surface area contributed by atoms with Crippen LogP contribution in [-0.4, -0.2) is 38.1 Å². The first-order chi connectivity index (χ1) is 9.03. The van der Waals surface area contributed by atoms with E-state index in [0.29, 0.717) is 6.42 Å². The summed E-state index contributed by atoms with van der Waals surface area (Å²) in [6.45, 7) is 1.89. The molecule has 1 aliphatic heterocycles. The Balaban J connectivity index is 0.000000550. The van der Waals surface area contributed by atoms with Crippen LogP contribution in [0.5, 0.6) is 0 Å². The maximum absolute atomic E-state index is 12.1. The molecule has 1 heterocycles. The molecule has 1 saturated heterocycles. The molecule has 3 amide bonds. The van der Waals surface area contributed by atoms with Gasteiger partial charge in [0.2, 0.25) is 0 Å². The van der Waals surface area contributed by atoms with Gasteiger partial charge in [0, 0.05) is 21.3 Å². The lowest BCUT2D eigenvalue weighted by Gasteiger charge is -2.25. The van der Waals surface area contributed by atoms with Gasteiger partial charge >= 0.3 is 6.03 Å². The third-order valence-corrected chi connectivity index (χ3v) is 3.09. The SMILES string of the molecule is CCC1(c2ccccc2)NC(=O)N(C)C1=O.COC. The normalized spacial score (nSPS) is 21.8. The van der Waals surface area contributed by atoms with Crippen LogP contribution in [-0.2, 0) is 15.1 Å². The first kappa shape index (κ1) is 15.2. The zero-order chi connectivity index (χ0) is 14.5. The number of hydrogen-bond donors (Lipinski definition) is 1. The van der Waals surface area contributed by atoms with E-state index in [0.717, 1.165) is 10.5 Å². The van der Waals surface area contributed by atoms with Gasteiger partial charge in [-0.3, -0.25) is 9.69 Å². The number of benzene rings is 1. The lowest BCUT2D eigenvalue weighted by Crippen LogP contribution is -2.43. The first-order valence-electron chi connectivity index (χ1n) is 6.09. The van der Waals surface area contributed by atoms with Crippen molar-refractivity contribution in [3.8, 4) is 0 Å². The molecule has 104 valence electrons. The number of nitrogens with one attached hydrogen (secondary N) is 1. The maximum Gasteiger partial charge on any atom is 0.325 e. The molecule has 0 bridgehead atoms. The number of methoxy groups -OCH3 is 1. The van der Waals surface area contributed by atoms with Crippen molar-refractivity contribution in [2.45, 2.75) is 18.9 Å². The van der Waals surface area contributed by atoms with Gasteiger partial charge in [0.1, 0.15) is 5.54 Å². The molecule has 1 aromatic carbocycles. The number of ether oxygens (including phenoxy) is 1. The molecular weight excluding hydrogens is 244 g/mol. The Morgan fingerprint density at radius 3 is 2.11 bits per heavy atom. The molecule has 19 heavy (non-hydrogen) atoms. The van der Waals surface area contributed by atoms with Gasteiger partial charge in [0.25, 0.3) is 5.91 Å². The summed E-state index contributed by atoms with van der Waals surface area (Å²) in [7, 11) is 4.75. The minimum Gasteiger partial charge on any atom is -0.388 e. The second-order valence-electron chi connectivity index (χ2n) is 4.33. The summed E-state index contributed by atoms with van der Waals surface area (Å²) in [5.74, 6) is -0.189. The minimum absolute atomic E-state index is 0.189. The second kappa shape index (κ2) is 6.33. The number of carbonyl (C=O) groups excluding carboxylic acids is 2. The molecule has 1 N–H and O–H groups in total. The Morgan fingerprint density at radius 2 is 1.74 bits per heavy atom. The van der Waals surface area contributed by atoms with E-state index < -0.39 is 5.54 Å². The van der Waals surface area contributed by atoms with Gasteiger partial charge in [-0.1, -0.05) is 37.3 Å². The monoisotopic (exact) mass is 264 g/mol. The molecule has 0 spiro atoms. The molecule has 1 unspecified atom stereocenters. The fourth-order valence-electron chi connectivity index (χ4n) is 2.06. The minimum atomic E-state index is -0.882. The van der Waals surface area contributed by atoms with Gasteiger partial charge in [-0.05, 0) is 12.0 Å². The number of imide groups is 1. The van der Waals surface area contributed by atoms with Crippen LogP contribution >= 0.6 is 0 Å². The molecule has 1 aromatic rings. The van der Waals surface area contributed by atoms with E-state index in [1.807, 2.05) is 37.3 Å². The van der Waals surface area contributed by atoms with E-state index in [2.05, 4.69) is 10.1 Å².